The van der Waals surface area contributed by atoms with E-state index in [1.165, 1.54) is 5.56 Å². The molecule has 2 aromatic carbocycles. The molecule has 4 heterocycles. The lowest BCUT2D eigenvalue weighted by atomic mass is 10.1. The second-order valence-corrected chi connectivity index (χ2v) is 10.7. The van der Waals surface area contributed by atoms with Crippen LogP contribution in [-0.4, -0.2) is 72.5 Å². The summed E-state index contributed by atoms with van der Waals surface area (Å²) in [5.41, 5.74) is 6.40. The lowest BCUT2D eigenvalue weighted by Gasteiger charge is -2.34. The predicted molar refractivity (Wildman–Crippen MR) is 164 cm³/mol. The molecule has 2 amide bonds. The molecule has 0 N–H and O–H groups in total. The van der Waals surface area contributed by atoms with Crippen LogP contribution in [0, 0.1) is 0 Å². The number of aryl methyl sites for hydroxylation is 2. The summed E-state index contributed by atoms with van der Waals surface area (Å²) in [6, 6.07) is 23.8. The molecule has 0 bridgehead atoms. The van der Waals surface area contributed by atoms with Gasteiger partial charge in [-0.2, -0.15) is 5.10 Å². The third-order valence-electron chi connectivity index (χ3n) is 7.73. The van der Waals surface area contributed by atoms with Gasteiger partial charge < -0.3 is 9.80 Å². The van der Waals surface area contributed by atoms with Crippen molar-refractivity contribution in [2.75, 3.05) is 26.2 Å². The van der Waals surface area contributed by atoms with Crippen LogP contribution in [0.1, 0.15) is 34.2 Å². The smallest absolute Gasteiger partial charge is 0.253 e. The first-order valence-electron chi connectivity index (χ1n) is 14.5. The van der Waals surface area contributed by atoms with Crippen molar-refractivity contribution in [1.29, 1.82) is 0 Å². The number of hydrogen-bond acceptors (Lipinski definition) is 6. The summed E-state index contributed by atoms with van der Waals surface area (Å²) < 4.78 is 1.97. The van der Waals surface area contributed by atoms with Gasteiger partial charge in [0.05, 0.1) is 5.69 Å². The van der Waals surface area contributed by atoms with Crippen molar-refractivity contribution in [2.45, 2.75) is 26.3 Å². The van der Waals surface area contributed by atoms with E-state index in [1.807, 2.05) is 65.6 Å². The van der Waals surface area contributed by atoms with E-state index in [2.05, 4.69) is 34.2 Å². The number of carbonyl (C=O) groups is 2. The summed E-state index contributed by atoms with van der Waals surface area (Å²) in [7, 11) is 0. The van der Waals surface area contributed by atoms with Crippen molar-refractivity contribution in [3.05, 3.63) is 120 Å². The maximum Gasteiger partial charge on any atom is 0.253 e. The van der Waals surface area contributed by atoms with E-state index in [-0.39, 0.29) is 11.8 Å². The zero-order chi connectivity index (χ0) is 29.6. The molecule has 0 spiro atoms. The average Bonchev–Trinajstić information content (AvgIpc) is 3.49. The molecule has 3 aromatic heterocycles. The Hall–Kier alpha value is -5.18. The molecule has 1 fully saturated rings. The van der Waals surface area contributed by atoms with E-state index in [0.29, 0.717) is 44.0 Å². The molecule has 1 aliphatic rings. The zero-order valence-corrected chi connectivity index (χ0v) is 24.1. The van der Waals surface area contributed by atoms with Crippen molar-refractivity contribution in [2.24, 2.45) is 0 Å². The van der Waals surface area contributed by atoms with E-state index >= 15 is 0 Å². The van der Waals surface area contributed by atoms with Gasteiger partial charge in [0, 0.05) is 87.5 Å². The van der Waals surface area contributed by atoms with Gasteiger partial charge in [0.2, 0.25) is 5.91 Å². The summed E-state index contributed by atoms with van der Waals surface area (Å²) in [6.07, 6.45) is 8.81. The third kappa shape index (κ3) is 6.67. The van der Waals surface area contributed by atoms with Crippen LogP contribution in [-0.2, 0) is 24.2 Å². The standard InChI is InChI=1S/C34H33N7O2/c1-25(42)39-18-20-40(21-19-39)34(43)28-11-9-27(10-12-28)22-32-36-16-13-31(37-32)30-24-41(17-14-26-6-3-2-4-7-26)38-33(30)29-8-5-15-35-23-29/h2-13,15-16,23-24H,14,17-22H2,1H3. The Kier molecular flexibility index (Phi) is 8.31. The summed E-state index contributed by atoms with van der Waals surface area (Å²) in [5.74, 6) is 0.722. The van der Waals surface area contributed by atoms with E-state index in [0.717, 1.165) is 41.0 Å². The van der Waals surface area contributed by atoms with Gasteiger partial charge >= 0.3 is 0 Å². The lowest BCUT2D eigenvalue weighted by molar-refractivity contribution is -0.130. The van der Waals surface area contributed by atoms with Gasteiger partial charge in [-0.05, 0) is 47.9 Å². The Morgan fingerprint density at radius 3 is 2.30 bits per heavy atom. The number of hydrogen-bond donors (Lipinski definition) is 0. The highest BCUT2D eigenvalue weighted by molar-refractivity contribution is 5.94. The van der Waals surface area contributed by atoms with E-state index in [4.69, 9.17) is 10.1 Å². The first-order valence-corrected chi connectivity index (χ1v) is 14.5. The van der Waals surface area contributed by atoms with Gasteiger partial charge in [0.15, 0.2) is 0 Å². The van der Waals surface area contributed by atoms with Crippen LogP contribution in [0.25, 0.3) is 22.5 Å². The summed E-state index contributed by atoms with van der Waals surface area (Å²) >= 11 is 0. The summed E-state index contributed by atoms with van der Waals surface area (Å²) in [6.45, 7) is 4.54. The number of aromatic nitrogens is 5. The Morgan fingerprint density at radius 1 is 0.814 bits per heavy atom. The highest BCUT2D eigenvalue weighted by Crippen LogP contribution is 2.30. The number of piperazine rings is 1. The number of nitrogens with zero attached hydrogens (tertiary/aromatic N) is 7. The first-order chi connectivity index (χ1) is 21.0. The Labute approximate surface area is 250 Å². The van der Waals surface area contributed by atoms with E-state index in [9.17, 15) is 9.59 Å². The van der Waals surface area contributed by atoms with Gasteiger partial charge in [-0.3, -0.25) is 19.3 Å². The maximum absolute atomic E-state index is 13.0. The summed E-state index contributed by atoms with van der Waals surface area (Å²) in [4.78, 5) is 42.0. The van der Waals surface area contributed by atoms with Crippen LogP contribution < -0.4 is 0 Å². The van der Waals surface area contributed by atoms with Crippen molar-refractivity contribution >= 4 is 11.8 Å². The molecule has 6 rings (SSSR count). The molecule has 216 valence electrons. The zero-order valence-electron chi connectivity index (χ0n) is 24.1. The first kappa shape index (κ1) is 28.0. The number of pyridine rings is 1. The van der Waals surface area contributed by atoms with Crippen molar-refractivity contribution in [3.8, 4) is 22.5 Å². The fourth-order valence-corrected chi connectivity index (χ4v) is 5.32. The van der Waals surface area contributed by atoms with Crippen LogP contribution >= 0.6 is 0 Å². The average molecular weight is 572 g/mol. The molecular formula is C34H33N7O2. The van der Waals surface area contributed by atoms with Crippen LogP contribution in [0.15, 0.2) is 97.6 Å². The SMILES string of the molecule is CC(=O)N1CCN(C(=O)c2ccc(Cc3nccc(-c4cn(CCc5ccccc5)nc4-c4cccnc4)n3)cc2)CC1. The minimum atomic E-state index is -0.0137. The van der Waals surface area contributed by atoms with Crippen LogP contribution in [0.3, 0.4) is 0 Å². The molecular weight excluding hydrogens is 538 g/mol. The molecule has 5 aromatic rings. The Balaban J connectivity index is 1.18. The van der Waals surface area contributed by atoms with Crippen LogP contribution in [0.2, 0.25) is 0 Å². The minimum Gasteiger partial charge on any atom is -0.339 e. The molecule has 9 heteroatoms. The molecule has 0 saturated carbocycles. The van der Waals surface area contributed by atoms with Crippen molar-refractivity contribution in [1.82, 2.24) is 34.5 Å². The highest BCUT2D eigenvalue weighted by Gasteiger charge is 2.23. The third-order valence-corrected chi connectivity index (χ3v) is 7.73. The van der Waals surface area contributed by atoms with Crippen molar-refractivity contribution in [3.63, 3.8) is 0 Å². The van der Waals surface area contributed by atoms with Crippen LogP contribution in [0.4, 0.5) is 0 Å². The molecule has 1 aliphatic heterocycles. The second-order valence-electron chi connectivity index (χ2n) is 10.7. The molecule has 0 aliphatic carbocycles. The molecule has 9 nitrogen and oxygen atoms in total. The van der Waals surface area contributed by atoms with Gasteiger partial charge in [0.1, 0.15) is 11.5 Å². The lowest BCUT2D eigenvalue weighted by Crippen LogP contribution is -2.50. The molecule has 0 radical (unpaired) electrons. The molecule has 1 saturated heterocycles. The van der Waals surface area contributed by atoms with Crippen LogP contribution in [0.5, 0.6) is 0 Å². The molecule has 43 heavy (non-hydrogen) atoms. The van der Waals surface area contributed by atoms with Gasteiger partial charge in [0.25, 0.3) is 5.91 Å². The maximum atomic E-state index is 13.0. The monoisotopic (exact) mass is 571 g/mol. The Bertz CT molecular complexity index is 1690. The second kappa shape index (κ2) is 12.8. The number of benzene rings is 2. The topological polar surface area (TPSA) is 97.1 Å². The number of amides is 2. The van der Waals surface area contributed by atoms with Crippen molar-refractivity contribution < 1.29 is 9.59 Å². The largest absolute Gasteiger partial charge is 0.339 e. The van der Waals surface area contributed by atoms with E-state index < -0.39 is 0 Å². The van der Waals surface area contributed by atoms with E-state index in [1.54, 1.807) is 29.1 Å². The quantitative estimate of drug-likeness (QED) is 0.271. The number of rotatable bonds is 8. The minimum absolute atomic E-state index is 0.0137. The number of carbonyl (C=O) groups excluding carboxylic acids is 2. The Morgan fingerprint density at radius 2 is 1.58 bits per heavy atom. The summed E-state index contributed by atoms with van der Waals surface area (Å²) in [5, 5.41) is 4.92. The molecule has 0 unspecified atom stereocenters. The predicted octanol–water partition coefficient (Wildman–Crippen LogP) is 4.54. The normalized spacial score (nSPS) is 13.2. The highest BCUT2D eigenvalue weighted by atomic mass is 16.2. The fraction of sp³-hybridized carbons (Fsp3) is 0.235. The van der Waals surface area contributed by atoms with Gasteiger partial charge in [-0.15, -0.1) is 0 Å². The fourth-order valence-electron chi connectivity index (χ4n) is 5.32. The molecule has 0 atom stereocenters. The van der Waals surface area contributed by atoms with Gasteiger partial charge in [-0.25, -0.2) is 9.97 Å². The van der Waals surface area contributed by atoms with Gasteiger partial charge in [-0.1, -0.05) is 42.5 Å².